The Kier molecular flexibility index (Phi) is 4.68. The molecule has 1 aliphatic heterocycles. The van der Waals surface area contributed by atoms with Crippen LogP contribution in [0.5, 0.6) is 0 Å². The molecular weight excluding hydrogens is 304 g/mol. The van der Waals surface area contributed by atoms with Gasteiger partial charge in [0.15, 0.2) is 0 Å². The summed E-state index contributed by atoms with van der Waals surface area (Å²) in [5.74, 6) is -2.26. The fourth-order valence-corrected chi connectivity index (χ4v) is 2.22. The number of benzene rings is 1. The van der Waals surface area contributed by atoms with Crippen molar-refractivity contribution in [1.29, 1.82) is 0 Å². The minimum absolute atomic E-state index is 0.114. The quantitative estimate of drug-likeness (QED) is 0.822. The van der Waals surface area contributed by atoms with Crippen LogP contribution in [0.2, 0.25) is 0 Å². The van der Waals surface area contributed by atoms with Gasteiger partial charge < -0.3 is 10.6 Å². The van der Waals surface area contributed by atoms with Crippen LogP contribution in [0, 0.1) is 5.82 Å². The van der Waals surface area contributed by atoms with E-state index in [1.54, 1.807) is 0 Å². The van der Waals surface area contributed by atoms with Crippen molar-refractivity contribution in [3.63, 3.8) is 0 Å². The highest BCUT2D eigenvalue weighted by molar-refractivity contribution is 5.94. The van der Waals surface area contributed by atoms with Crippen molar-refractivity contribution in [1.82, 2.24) is 10.6 Å². The Morgan fingerprint density at radius 1 is 1.27 bits per heavy atom. The number of hydrogen-bond donors (Lipinski definition) is 2. The minimum atomic E-state index is -4.80. The van der Waals surface area contributed by atoms with Gasteiger partial charge in [0, 0.05) is 24.6 Å². The third kappa shape index (κ3) is 3.96. The molecule has 1 saturated heterocycles. The molecule has 22 heavy (non-hydrogen) atoms. The maximum absolute atomic E-state index is 13.4. The Labute approximate surface area is 123 Å². The molecule has 120 valence electrons. The van der Waals surface area contributed by atoms with Crippen molar-refractivity contribution in [2.24, 2.45) is 0 Å². The van der Waals surface area contributed by atoms with E-state index in [-0.39, 0.29) is 23.9 Å². The molecule has 1 aromatic rings. The van der Waals surface area contributed by atoms with Crippen molar-refractivity contribution < 1.29 is 27.2 Å². The second kappa shape index (κ2) is 6.33. The van der Waals surface area contributed by atoms with E-state index in [1.807, 2.05) is 0 Å². The van der Waals surface area contributed by atoms with Crippen molar-refractivity contribution in [2.45, 2.75) is 31.5 Å². The smallest absolute Gasteiger partial charge is 0.356 e. The van der Waals surface area contributed by atoms with Crippen LogP contribution in [0.4, 0.5) is 17.6 Å². The molecule has 0 spiro atoms. The van der Waals surface area contributed by atoms with E-state index < -0.39 is 23.5 Å². The van der Waals surface area contributed by atoms with Gasteiger partial charge in [-0.15, -0.1) is 0 Å². The number of alkyl halides is 3. The lowest BCUT2D eigenvalue weighted by Gasteiger charge is -2.16. The van der Waals surface area contributed by atoms with Crippen LogP contribution in [-0.2, 0) is 11.0 Å². The number of hydrogen-bond acceptors (Lipinski definition) is 2. The molecule has 1 aliphatic rings. The molecule has 0 saturated carbocycles. The van der Waals surface area contributed by atoms with E-state index in [4.69, 9.17) is 0 Å². The van der Waals surface area contributed by atoms with Crippen molar-refractivity contribution >= 4 is 11.8 Å². The highest BCUT2D eigenvalue weighted by Gasteiger charge is 2.34. The number of carbonyl (C=O) groups is 2. The van der Waals surface area contributed by atoms with Crippen molar-refractivity contribution in [3.8, 4) is 0 Å². The summed E-state index contributed by atoms with van der Waals surface area (Å²) in [6.07, 6.45) is -3.60. The van der Waals surface area contributed by atoms with Crippen LogP contribution in [0.15, 0.2) is 18.2 Å². The molecule has 1 unspecified atom stereocenters. The maximum Gasteiger partial charge on any atom is 0.419 e. The summed E-state index contributed by atoms with van der Waals surface area (Å²) in [6.45, 7) is 0.408. The minimum Gasteiger partial charge on any atom is -0.356 e. The first-order valence-corrected chi connectivity index (χ1v) is 6.71. The largest absolute Gasteiger partial charge is 0.419 e. The van der Waals surface area contributed by atoms with Gasteiger partial charge in [0.1, 0.15) is 5.82 Å². The molecule has 1 aromatic carbocycles. The molecule has 1 fully saturated rings. The molecule has 0 bridgehead atoms. The Bertz CT molecular complexity index is 587. The molecule has 2 rings (SSSR count). The molecule has 2 amide bonds. The topological polar surface area (TPSA) is 58.2 Å². The lowest BCUT2D eigenvalue weighted by Crippen LogP contribution is -2.35. The number of amides is 2. The van der Waals surface area contributed by atoms with E-state index in [1.165, 1.54) is 0 Å². The summed E-state index contributed by atoms with van der Waals surface area (Å²) < 4.78 is 50.8. The number of rotatable bonds is 2. The highest BCUT2D eigenvalue weighted by Crippen LogP contribution is 2.31. The first-order chi connectivity index (χ1) is 10.3. The monoisotopic (exact) mass is 318 g/mol. The van der Waals surface area contributed by atoms with Gasteiger partial charge in [-0.05, 0) is 31.0 Å². The molecule has 4 nitrogen and oxygen atoms in total. The third-order valence-electron chi connectivity index (χ3n) is 3.41. The first kappa shape index (κ1) is 16.3. The van der Waals surface area contributed by atoms with Gasteiger partial charge in [-0.2, -0.15) is 13.2 Å². The molecule has 0 aromatic heterocycles. The fraction of sp³-hybridized carbons (Fsp3) is 0.429. The standard InChI is InChI=1S/C14H14F4N2O2/c15-11-7-8(1-3-10(11)14(16,17)18)13(22)20-9-2-4-12(21)19-6-5-9/h1,3,7,9H,2,4-6H2,(H,19,21)(H,20,22). The second-order valence-corrected chi connectivity index (χ2v) is 5.04. The van der Waals surface area contributed by atoms with Gasteiger partial charge in [0.25, 0.3) is 5.91 Å². The number of halogens is 4. The SMILES string of the molecule is O=C1CCC(NC(=O)c2ccc(C(F)(F)F)c(F)c2)CCN1. The maximum atomic E-state index is 13.4. The summed E-state index contributed by atoms with van der Waals surface area (Å²) in [5, 5.41) is 5.25. The average Bonchev–Trinajstić information content (AvgIpc) is 2.62. The van der Waals surface area contributed by atoms with Crippen LogP contribution in [-0.4, -0.2) is 24.4 Å². The van der Waals surface area contributed by atoms with Crippen LogP contribution < -0.4 is 10.6 Å². The van der Waals surface area contributed by atoms with Gasteiger partial charge in [-0.3, -0.25) is 9.59 Å². The zero-order valence-electron chi connectivity index (χ0n) is 11.5. The van der Waals surface area contributed by atoms with E-state index >= 15 is 0 Å². The highest BCUT2D eigenvalue weighted by atomic mass is 19.4. The summed E-state index contributed by atoms with van der Waals surface area (Å²) in [7, 11) is 0. The molecule has 0 aliphatic carbocycles. The van der Waals surface area contributed by atoms with Gasteiger partial charge in [0.05, 0.1) is 5.56 Å². The Morgan fingerprint density at radius 3 is 2.64 bits per heavy atom. The molecular formula is C14H14F4N2O2. The third-order valence-corrected chi connectivity index (χ3v) is 3.41. The molecule has 8 heteroatoms. The Balaban J connectivity index is 2.07. The first-order valence-electron chi connectivity index (χ1n) is 6.71. The normalized spacial score (nSPS) is 19.3. The predicted molar refractivity (Wildman–Crippen MR) is 69.5 cm³/mol. The van der Waals surface area contributed by atoms with Crippen molar-refractivity contribution in [2.75, 3.05) is 6.54 Å². The molecule has 1 atom stereocenters. The van der Waals surface area contributed by atoms with Crippen molar-refractivity contribution in [3.05, 3.63) is 35.1 Å². The summed E-state index contributed by atoms with van der Waals surface area (Å²) in [4.78, 5) is 23.1. The van der Waals surface area contributed by atoms with E-state index in [0.29, 0.717) is 31.5 Å². The Hall–Kier alpha value is -2.12. The van der Waals surface area contributed by atoms with Gasteiger partial charge in [-0.1, -0.05) is 0 Å². The second-order valence-electron chi connectivity index (χ2n) is 5.04. The van der Waals surface area contributed by atoms with Crippen LogP contribution in [0.1, 0.15) is 35.2 Å². The average molecular weight is 318 g/mol. The Morgan fingerprint density at radius 2 is 2.00 bits per heavy atom. The summed E-state index contributed by atoms with van der Waals surface area (Å²) in [5.41, 5.74) is -1.60. The zero-order chi connectivity index (χ0) is 16.3. The van der Waals surface area contributed by atoms with Gasteiger partial charge in [-0.25, -0.2) is 4.39 Å². The van der Waals surface area contributed by atoms with Crippen LogP contribution >= 0.6 is 0 Å². The summed E-state index contributed by atoms with van der Waals surface area (Å²) >= 11 is 0. The number of carbonyl (C=O) groups excluding carboxylic acids is 2. The fourth-order valence-electron chi connectivity index (χ4n) is 2.22. The van der Waals surface area contributed by atoms with E-state index in [0.717, 1.165) is 6.07 Å². The lowest BCUT2D eigenvalue weighted by atomic mass is 10.1. The van der Waals surface area contributed by atoms with Gasteiger partial charge >= 0.3 is 6.18 Å². The van der Waals surface area contributed by atoms with Crippen LogP contribution in [0.25, 0.3) is 0 Å². The molecule has 2 N–H and O–H groups in total. The number of nitrogens with one attached hydrogen (secondary N) is 2. The predicted octanol–water partition coefficient (Wildman–Crippen LogP) is 2.24. The molecule has 0 radical (unpaired) electrons. The van der Waals surface area contributed by atoms with E-state index in [9.17, 15) is 27.2 Å². The van der Waals surface area contributed by atoms with E-state index in [2.05, 4.69) is 10.6 Å². The zero-order valence-corrected chi connectivity index (χ0v) is 11.5. The molecule has 1 heterocycles. The summed E-state index contributed by atoms with van der Waals surface area (Å²) in [6, 6.07) is 1.76. The van der Waals surface area contributed by atoms with Gasteiger partial charge in [0.2, 0.25) is 5.91 Å². The van der Waals surface area contributed by atoms with Crippen LogP contribution in [0.3, 0.4) is 0 Å². The lowest BCUT2D eigenvalue weighted by molar-refractivity contribution is -0.140.